The molecule has 1 saturated heterocycles. The number of anilines is 2. The van der Waals surface area contributed by atoms with Crippen molar-refractivity contribution in [3.05, 3.63) is 73.4 Å². The number of aromatic nitrogens is 6. The molecule has 0 amide bonds. The number of phenols is 1. The van der Waals surface area contributed by atoms with Crippen molar-refractivity contribution in [3.63, 3.8) is 0 Å². The second-order valence-corrected chi connectivity index (χ2v) is 9.60. The molecule has 0 unspecified atom stereocenters. The quantitative estimate of drug-likeness (QED) is 0.293. The van der Waals surface area contributed by atoms with E-state index in [9.17, 15) is 15.0 Å². The highest BCUT2D eigenvalue weighted by atomic mass is 16.3. The molecule has 4 heterocycles. The second kappa shape index (κ2) is 10.1. The maximum Gasteiger partial charge on any atom is 0.229 e. The summed E-state index contributed by atoms with van der Waals surface area (Å²) in [6.07, 6.45) is 3.80. The largest absolute Gasteiger partial charge is 0.513 e. The number of allylic oxidation sites excluding steroid dienone is 1. The number of hydrogen-bond donors (Lipinski definition) is 2. The first-order valence-corrected chi connectivity index (χ1v) is 12.8. The maximum atomic E-state index is 12.6. The van der Waals surface area contributed by atoms with E-state index in [-0.39, 0.29) is 36.7 Å². The predicted molar refractivity (Wildman–Crippen MR) is 148 cm³/mol. The Kier molecular flexibility index (Phi) is 6.31. The third kappa shape index (κ3) is 4.86. The van der Waals surface area contributed by atoms with Gasteiger partial charge in [0.2, 0.25) is 5.95 Å². The van der Waals surface area contributed by atoms with E-state index in [1.165, 1.54) is 0 Å². The normalized spacial score (nSPS) is 13.8. The molecular formula is C28H28N8O3. The molecule has 6 rings (SSSR count). The van der Waals surface area contributed by atoms with E-state index in [1.807, 2.05) is 36.4 Å². The summed E-state index contributed by atoms with van der Waals surface area (Å²) in [7, 11) is 0. The molecule has 0 spiro atoms. The molecule has 3 aromatic heterocycles. The molecule has 0 saturated carbocycles. The molecule has 0 radical (unpaired) electrons. The Morgan fingerprint density at radius 2 is 1.69 bits per heavy atom. The van der Waals surface area contributed by atoms with Crippen LogP contribution in [-0.4, -0.2) is 71.5 Å². The molecule has 39 heavy (non-hydrogen) atoms. The van der Waals surface area contributed by atoms with E-state index in [4.69, 9.17) is 9.97 Å². The summed E-state index contributed by atoms with van der Waals surface area (Å²) in [6.45, 7) is 6.44. The van der Waals surface area contributed by atoms with Gasteiger partial charge in [0.25, 0.3) is 0 Å². The number of para-hydroxylation sites is 1. The van der Waals surface area contributed by atoms with Crippen LogP contribution >= 0.6 is 0 Å². The summed E-state index contributed by atoms with van der Waals surface area (Å²) in [5.74, 6) is 1.27. The van der Waals surface area contributed by atoms with Crippen LogP contribution in [0.25, 0.3) is 27.9 Å². The number of aliphatic hydroxyl groups excluding tert-OH is 1. The van der Waals surface area contributed by atoms with Gasteiger partial charge in [-0.05, 0) is 30.3 Å². The van der Waals surface area contributed by atoms with Crippen molar-refractivity contribution < 1.29 is 15.0 Å². The van der Waals surface area contributed by atoms with Crippen molar-refractivity contribution >= 4 is 39.5 Å². The highest BCUT2D eigenvalue weighted by Gasteiger charge is 2.24. The van der Waals surface area contributed by atoms with Crippen LogP contribution in [0.2, 0.25) is 0 Å². The number of hydrogen-bond acceptors (Lipinski definition) is 9. The number of carbonyl (C=O) groups excluding carboxylic acids is 1. The zero-order valence-electron chi connectivity index (χ0n) is 21.3. The first-order valence-electron chi connectivity index (χ1n) is 12.8. The predicted octanol–water partition coefficient (Wildman–Crippen LogP) is 3.62. The second-order valence-electron chi connectivity index (χ2n) is 9.60. The molecule has 2 aromatic carbocycles. The fourth-order valence-electron chi connectivity index (χ4n) is 4.84. The third-order valence-electron chi connectivity index (χ3n) is 6.93. The number of fused-ring (bicyclic) bond motifs is 2. The highest BCUT2D eigenvalue weighted by Crippen LogP contribution is 2.27. The van der Waals surface area contributed by atoms with Gasteiger partial charge in [0.1, 0.15) is 5.75 Å². The maximum absolute atomic E-state index is 12.6. The number of piperazine rings is 1. The molecule has 1 aliphatic rings. The number of benzene rings is 2. The van der Waals surface area contributed by atoms with Gasteiger partial charge in [0.05, 0.1) is 30.3 Å². The van der Waals surface area contributed by atoms with Crippen molar-refractivity contribution in [2.45, 2.75) is 19.4 Å². The topological polar surface area (TPSA) is 125 Å². The lowest BCUT2D eigenvalue weighted by atomic mass is 10.2. The number of imidazole rings is 1. The molecule has 11 heteroatoms. The van der Waals surface area contributed by atoms with Gasteiger partial charge in [0, 0.05) is 50.1 Å². The van der Waals surface area contributed by atoms with Gasteiger partial charge in [-0.15, -0.1) is 0 Å². The summed E-state index contributed by atoms with van der Waals surface area (Å²) in [4.78, 5) is 31.4. The summed E-state index contributed by atoms with van der Waals surface area (Å²) >= 11 is 0. The van der Waals surface area contributed by atoms with Crippen LogP contribution in [0.5, 0.6) is 5.75 Å². The van der Waals surface area contributed by atoms with Crippen molar-refractivity contribution in [1.82, 2.24) is 29.3 Å². The number of aromatic hydroxyl groups is 1. The lowest BCUT2D eigenvalue weighted by Crippen LogP contribution is -2.47. The zero-order valence-corrected chi connectivity index (χ0v) is 21.3. The molecule has 5 aromatic rings. The van der Waals surface area contributed by atoms with Gasteiger partial charge >= 0.3 is 0 Å². The Balaban J connectivity index is 1.36. The van der Waals surface area contributed by atoms with E-state index >= 15 is 0 Å². The van der Waals surface area contributed by atoms with Crippen LogP contribution in [-0.2, 0) is 11.3 Å². The summed E-state index contributed by atoms with van der Waals surface area (Å²) in [5.41, 5.74) is 3.05. The van der Waals surface area contributed by atoms with Crippen LogP contribution in [0.4, 0.5) is 11.6 Å². The standard InChI is InChI=1S/C28H28N8O3/c1-19(37)6-9-23(39)17-35-18-29-25-26(35)31-28(32-27(25)36-24-5-3-2-4-20(24)16-30-36)34-14-12-33(13-15-34)21-7-10-22(38)11-8-21/h2-5,7-8,10-11,16,18,37-38H,1,6,9,12-15,17H2. The van der Waals surface area contributed by atoms with Crippen LogP contribution < -0.4 is 9.80 Å². The van der Waals surface area contributed by atoms with E-state index in [0.717, 1.165) is 29.7 Å². The lowest BCUT2D eigenvalue weighted by Gasteiger charge is -2.36. The van der Waals surface area contributed by atoms with Gasteiger partial charge in [0.15, 0.2) is 22.8 Å². The monoisotopic (exact) mass is 524 g/mol. The summed E-state index contributed by atoms with van der Waals surface area (Å²) in [5, 5.41) is 24.6. The highest BCUT2D eigenvalue weighted by molar-refractivity contribution is 5.87. The summed E-state index contributed by atoms with van der Waals surface area (Å²) < 4.78 is 3.50. The fraction of sp³-hybridized carbons (Fsp3) is 0.250. The number of carbonyl (C=O) groups is 1. The number of rotatable bonds is 8. The van der Waals surface area contributed by atoms with E-state index < -0.39 is 0 Å². The molecule has 0 bridgehead atoms. The van der Waals surface area contributed by atoms with Crippen molar-refractivity contribution in [3.8, 4) is 11.6 Å². The SMILES string of the molecule is C=C(O)CCC(=O)Cn1cnc2c(-n3ncc4ccccc43)nc(N3CCN(c4ccc(O)cc4)CC3)nc21. The van der Waals surface area contributed by atoms with Crippen molar-refractivity contribution in [1.29, 1.82) is 0 Å². The minimum atomic E-state index is -0.0572. The molecule has 0 aliphatic carbocycles. The van der Waals surface area contributed by atoms with Gasteiger partial charge in [-0.2, -0.15) is 15.1 Å². The Morgan fingerprint density at radius 1 is 0.949 bits per heavy atom. The Labute approximate surface area is 224 Å². The number of phenolic OH excluding ortho intramolecular Hbond substituents is 1. The summed E-state index contributed by atoms with van der Waals surface area (Å²) in [6, 6.07) is 15.1. The van der Waals surface area contributed by atoms with E-state index in [2.05, 4.69) is 26.5 Å². The Hall–Kier alpha value is -4.93. The van der Waals surface area contributed by atoms with Crippen LogP contribution in [0.15, 0.2) is 73.4 Å². The molecule has 11 nitrogen and oxygen atoms in total. The van der Waals surface area contributed by atoms with Crippen LogP contribution in [0.3, 0.4) is 0 Å². The van der Waals surface area contributed by atoms with Crippen molar-refractivity contribution in [2.24, 2.45) is 0 Å². The van der Waals surface area contributed by atoms with Gasteiger partial charge in [-0.25, -0.2) is 9.67 Å². The minimum Gasteiger partial charge on any atom is -0.513 e. The fourth-order valence-corrected chi connectivity index (χ4v) is 4.84. The number of Topliss-reactive ketones (excluding diaryl/α,β-unsaturated/α-hetero) is 1. The first-order chi connectivity index (χ1) is 19.0. The molecular weight excluding hydrogens is 496 g/mol. The van der Waals surface area contributed by atoms with Crippen LogP contribution in [0, 0.1) is 0 Å². The van der Waals surface area contributed by atoms with Crippen molar-refractivity contribution in [2.75, 3.05) is 36.0 Å². The number of ketones is 1. The first kappa shape index (κ1) is 24.4. The average molecular weight is 525 g/mol. The lowest BCUT2D eigenvalue weighted by molar-refractivity contribution is -0.119. The molecule has 1 aliphatic heterocycles. The third-order valence-corrected chi connectivity index (χ3v) is 6.93. The molecule has 0 atom stereocenters. The van der Waals surface area contributed by atoms with E-state index in [0.29, 0.717) is 36.0 Å². The smallest absolute Gasteiger partial charge is 0.229 e. The van der Waals surface area contributed by atoms with E-state index in [1.54, 1.807) is 33.9 Å². The van der Waals surface area contributed by atoms with Crippen LogP contribution in [0.1, 0.15) is 12.8 Å². The Bertz CT molecular complexity index is 1670. The molecule has 198 valence electrons. The molecule has 1 fully saturated rings. The number of nitrogens with zero attached hydrogens (tertiary/aromatic N) is 8. The molecule has 2 N–H and O–H groups in total. The van der Waals surface area contributed by atoms with Gasteiger partial charge < -0.3 is 24.6 Å². The van der Waals surface area contributed by atoms with Gasteiger partial charge in [-0.1, -0.05) is 24.8 Å². The number of aliphatic hydroxyl groups is 1. The van der Waals surface area contributed by atoms with Gasteiger partial charge in [-0.3, -0.25) is 4.79 Å². The zero-order chi connectivity index (χ0) is 26.9. The minimum absolute atomic E-state index is 0.0113. The average Bonchev–Trinajstić information content (AvgIpc) is 3.56. The Morgan fingerprint density at radius 3 is 2.46 bits per heavy atom.